The molecule has 2 N–H and O–H groups in total. The third-order valence-electron chi connectivity index (χ3n) is 4.46. The van der Waals surface area contributed by atoms with E-state index < -0.39 is 37.0 Å². The first-order valence-electron chi connectivity index (χ1n) is 10.8. The van der Waals surface area contributed by atoms with Gasteiger partial charge in [0.2, 0.25) is 0 Å². The SMILES string of the molecule is Cc1cc(Cl)ccc1OCC(=O)OCC(=O)NCCNC(=O)COC(=O)COc1ccc(Cl)cc1C. The van der Waals surface area contributed by atoms with Gasteiger partial charge in [-0.2, -0.15) is 0 Å². The number of benzene rings is 2. The lowest BCUT2D eigenvalue weighted by Gasteiger charge is -2.10. The quantitative estimate of drug-likeness (QED) is 0.292. The van der Waals surface area contributed by atoms with Crippen molar-refractivity contribution in [1.29, 1.82) is 0 Å². The van der Waals surface area contributed by atoms with E-state index in [9.17, 15) is 19.2 Å². The summed E-state index contributed by atoms with van der Waals surface area (Å²) in [6.45, 7) is 1.98. The van der Waals surface area contributed by atoms with Crippen molar-refractivity contribution in [3.05, 3.63) is 57.6 Å². The third kappa shape index (κ3) is 10.8. The predicted molar refractivity (Wildman–Crippen MR) is 131 cm³/mol. The lowest BCUT2D eigenvalue weighted by molar-refractivity contribution is -0.150. The molecule has 0 aliphatic heterocycles. The molecule has 0 atom stereocenters. The zero-order chi connectivity index (χ0) is 26.5. The number of amides is 2. The van der Waals surface area contributed by atoms with E-state index in [4.69, 9.17) is 42.1 Å². The molecule has 0 spiro atoms. The van der Waals surface area contributed by atoms with Crippen LogP contribution in [0.4, 0.5) is 0 Å². The number of aryl methyl sites for hydroxylation is 2. The van der Waals surface area contributed by atoms with Gasteiger partial charge < -0.3 is 29.6 Å². The summed E-state index contributed by atoms with van der Waals surface area (Å²) in [4.78, 5) is 47.0. The molecule has 2 aromatic carbocycles. The molecule has 2 aromatic rings. The summed E-state index contributed by atoms with van der Waals surface area (Å²) in [5.41, 5.74) is 1.51. The minimum atomic E-state index is -0.718. The number of halogens is 2. The second-order valence-electron chi connectivity index (χ2n) is 7.42. The van der Waals surface area contributed by atoms with Gasteiger partial charge in [0.15, 0.2) is 26.4 Å². The maximum atomic E-state index is 11.8. The van der Waals surface area contributed by atoms with E-state index in [2.05, 4.69) is 10.6 Å². The van der Waals surface area contributed by atoms with Crippen molar-refractivity contribution in [3.63, 3.8) is 0 Å². The minimum Gasteiger partial charge on any atom is -0.482 e. The Labute approximate surface area is 218 Å². The van der Waals surface area contributed by atoms with Gasteiger partial charge in [-0.05, 0) is 61.4 Å². The highest BCUT2D eigenvalue weighted by Crippen LogP contribution is 2.22. The summed E-state index contributed by atoms with van der Waals surface area (Å²) in [6, 6.07) is 9.90. The van der Waals surface area contributed by atoms with Crippen LogP contribution in [0.25, 0.3) is 0 Å². The van der Waals surface area contributed by atoms with E-state index in [1.807, 2.05) is 0 Å². The van der Waals surface area contributed by atoms with Gasteiger partial charge >= 0.3 is 11.9 Å². The lowest BCUT2D eigenvalue weighted by atomic mass is 10.2. The Kier molecular flexibility index (Phi) is 11.8. The summed E-state index contributed by atoms with van der Waals surface area (Å²) < 4.78 is 20.3. The smallest absolute Gasteiger partial charge is 0.344 e. The second-order valence-corrected chi connectivity index (χ2v) is 8.29. The van der Waals surface area contributed by atoms with Crippen LogP contribution in [0.2, 0.25) is 10.0 Å². The monoisotopic (exact) mass is 540 g/mol. The summed E-state index contributed by atoms with van der Waals surface area (Å²) in [5.74, 6) is -1.59. The fourth-order valence-corrected chi connectivity index (χ4v) is 3.16. The first kappa shape index (κ1) is 28.7. The molecule has 0 bridgehead atoms. The van der Waals surface area contributed by atoms with E-state index in [-0.39, 0.29) is 26.3 Å². The van der Waals surface area contributed by atoms with Crippen LogP contribution in [0, 0.1) is 13.8 Å². The standard InChI is InChI=1S/C24H26Cl2N2O8/c1-15-9-17(25)3-5-19(15)33-13-23(31)35-11-21(29)27-7-8-28-22(30)12-36-24(32)14-34-20-6-4-18(26)10-16(20)2/h3-6,9-10H,7-8,11-14H2,1-2H3,(H,27,29)(H,28,30). The number of carbonyl (C=O) groups is 4. The molecule has 0 aromatic heterocycles. The molecule has 0 fully saturated rings. The average Bonchev–Trinajstić information content (AvgIpc) is 2.83. The Balaban J connectivity index is 1.52. The van der Waals surface area contributed by atoms with Gasteiger partial charge in [0, 0.05) is 23.1 Å². The Morgan fingerprint density at radius 1 is 0.667 bits per heavy atom. The minimum absolute atomic E-state index is 0.0789. The van der Waals surface area contributed by atoms with Crippen molar-refractivity contribution >= 4 is 47.0 Å². The van der Waals surface area contributed by atoms with Gasteiger partial charge in [-0.15, -0.1) is 0 Å². The predicted octanol–water partition coefficient (Wildman–Crippen LogP) is 2.39. The van der Waals surface area contributed by atoms with Crippen molar-refractivity contribution in [3.8, 4) is 11.5 Å². The molecule has 0 heterocycles. The maximum Gasteiger partial charge on any atom is 0.344 e. The summed E-state index contributed by atoms with van der Waals surface area (Å²) >= 11 is 11.7. The van der Waals surface area contributed by atoms with Crippen LogP contribution in [0.1, 0.15) is 11.1 Å². The lowest BCUT2D eigenvalue weighted by Crippen LogP contribution is -2.38. The molecule has 0 aliphatic rings. The summed E-state index contributed by atoms with van der Waals surface area (Å²) in [5, 5.41) is 6.04. The van der Waals surface area contributed by atoms with Gasteiger partial charge in [0.25, 0.3) is 11.8 Å². The molecule has 10 nitrogen and oxygen atoms in total. The first-order valence-corrected chi connectivity index (χ1v) is 11.5. The number of hydrogen-bond acceptors (Lipinski definition) is 8. The van der Waals surface area contributed by atoms with E-state index in [1.54, 1.807) is 50.2 Å². The highest BCUT2D eigenvalue weighted by molar-refractivity contribution is 6.31. The summed E-state index contributed by atoms with van der Waals surface area (Å²) in [6.07, 6.45) is 0. The Morgan fingerprint density at radius 3 is 1.42 bits per heavy atom. The van der Waals surface area contributed by atoms with Gasteiger partial charge in [-0.1, -0.05) is 23.2 Å². The highest BCUT2D eigenvalue weighted by Gasteiger charge is 2.11. The second kappa shape index (κ2) is 14.8. The van der Waals surface area contributed by atoms with Crippen LogP contribution in [0.5, 0.6) is 11.5 Å². The first-order chi connectivity index (χ1) is 17.1. The van der Waals surface area contributed by atoms with Crippen LogP contribution >= 0.6 is 23.2 Å². The number of esters is 2. The average molecular weight is 541 g/mol. The van der Waals surface area contributed by atoms with Crippen LogP contribution in [-0.2, 0) is 28.7 Å². The highest BCUT2D eigenvalue weighted by atomic mass is 35.5. The van der Waals surface area contributed by atoms with Gasteiger partial charge in [0.05, 0.1) is 0 Å². The van der Waals surface area contributed by atoms with Crippen LogP contribution in [-0.4, -0.2) is 63.3 Å². The largest absolute Gasteiger partial charge is 0.482 e. The van der Waals surface area contributed by atoms with Crippen molar-refractivity contribution in [2.75, 3.05) is 39.5 Å². The maximum absolute atomic E-state index is 11.8. The normalized spacial score (nSPS) is 10.2. The molecule has 12 heteroatoms. The topological polar surface area (TPSA) is 129 Å². The zero-order valence-electron chi connectivity index (χ0n) is 19.7. The number of hydrogen-bond donors (Lipinski definition) is 2. The molecule has 0 radical (unpaired) electrons. The van der Waals surface area contributed by atoms with Crippen molar-refractivity contribution in [2.45, 2.75) is 13.8 Å². The summed E-state index contributed by atoms with van der Waals surface area (Å²) in [7, 11) is 0. The number of rotatable bonds is 13. The Morgan fingerprint density at radius 2 is 1.06 bits per heavy atom. The van der Waals surface area contributed by atoms with E-state index in [0.29, 0.717) is 21.5 Å². The molecular formula is C24H26Cl2N2O8. The number of carbonyl (C=O) groups excluding carboxylic acids is 4. The molecule has 0 saturated heterocycles. The van der Waals surface area contributed by atoms with Crippen LogP contribution in [0.3, 0.4) is 0 Å². The number of nitrogens with one attached hydrogen (secondary N) is 2. The molecule has 0 unspecified atom stereocenters. The van der Waals surface area contributed by atoms with Gasteiger partial charge in [-0.25, -0.2) is 9.59 Å². The van der Waals surface area contributed by atoms with Crippen molar-refractivity contribution in [2.24, 2.45) is 0 Å². The fourth-order valence-electron chi connectivity index (χ4n) is 2.70. The van der Waals surface area contributed by atoms with Crippen LogP contribution in [0.15, 0.2) is 36.4 Å². The van der Waals surface area contributed by atoms with E-state index in [1.165, 1.54) is 0 Å². The molecule has 0 aliphatic carbocycles. The van der Waals surface area contributed by atoms with Crippen molar-refractivity contribution in [1.82, 2.24) is 10.6 Å². The molecule has 2 rings (SSSR count). The molecule has 194 valence electrons. The Hall–Kier alpha value is -3.50. The van der Waals surface area contributed by atoms with Crippen LogP contribution < -0.4 is 20.1 Å². The van der Waals surface area contributed by atoms with Gasteiger partial charge in [0.1, 0.15) is 11.5 Å². The Bertz CT molecular complexity index is 1010. The van der Waals surface area contributed by atoms with E-state index >= 15 is 0 Å². The molecular weight excluding hydrogens is 515 g/mol. The van der Waals surface area contributed by atoms with Gasteiger partial charge in [-0.3, -0.25) is 9.59 Å². The molecule has 2 amide bonds. The van der Waals surface area contributed by atoms with Crippen molar-refractivity contribution < 1.29 is 38.1 Å². The third-order valence-corrected chi connectivity index (χ3v) is 4.93. The number of ether oxygens (including phenoxy) is 4. The fraction of sp³-hybridized carbons (Fsp3) is 0.333. The zero-order valence-corrected chi connectivity index (χ0v) is 21.2. The molecule has 0 saturated carbocycles. The molecule has 36 heavy (non-hydrogen) atoms. The van der Waals surface area contributed by atoms with E-state index in [0.717, 1.165) is 11.1 Å².